The molecule has 0 saturated heterocycles. The van der Waals surface area contributed by atoms with Gasteiger partial charge in [-0.1, -0.05) is 11.6 Å². The molecule has 1 amide bonds. The zero-order valence-electron chi connectivity index (χ0n) is 10.4. The Morgan fingerprint density at radius 1 is 1.58 bits per heavy atom. The monoisotopic (exact) mass is 278 g/mol. The van der Waals surface area contributed by atoms with Crippen molar-refractivity contribution in [3.05, 3.63) is 28.5 Å². The molecule has 0 fully saturated rings. The van der Waals surface area contributed by atoms with Crippen LogP contribution in [-0.4, -0.2) is 33.9 Å². The number of primary amides is 1. The molecule has 19 heavy (non-hydrogen) atoms. The van der Waals surface area contributed by atoms with Crippen LogP contribution < -0.4 is 5.73 Å². The largest absolute Gasteiger partial charge is 0.370 e. The third-order valence-corrected chi connectivity index (χ3v) is 3.75. The van der Waals surface area contributed by atoms with Crippen LogP contribution in [-0.2, 0) is 17.8 Å². The van der Waals surface area contributed by atoms with E-state index in [1.807, 2.05) is 6.07 Å². The highest BCUT2D eigenvalue weighted by molar-refractivity contribution is 6.31. The van der Waals surface area contributed by atoms with E-state index in [2.05, 4.69) is 14.9 Å². The van der Waals surface area contributed by atoms with Gasteiger partial charge in [0.25, 0.3) is 0 Å². The second-order valence-corrected chi connectivity index (χ2v) is 5.31. The molecule has 0 atom stereocenters. The Morgan fingerprint density at radius 3 is 3.21 bits per heavy atom. The topological polar surface area (TPSA) is 75.0 Å². The van der Waals surface area contributed by atoms with Gasteiger partial charge in [0.2, 0.25) is 5.91 Å². The molecule has 3 rings (SSSR count). The smallest absolute Gasteiger partial charge is 0.218 e. The van der Waals surface area contributed by atoms with Crippen molar-refractivity contribution >= 4 is 28.5 Å². The van der Waals surface area contributed by atoms with Gasteiger partial charge in [0, 0.05) is 49.8 Å². The quantitative estimate of drug-likeness (QED) is 0.892. The Morgan fingerprint density at radius 2 is 2.42 bits per heavy atom. The van der Waals surface area contributed by atoms with Crippen molar-refractivity contribution in [2.24, 2.45) is 5.73 Å². The van der Waals surface area contributed by atoms with Gasteiger partial charge in [0.15, 0.2) is 0 Å². The number of fused-ring (bicyclic) bond motifs is 3. The van der Waals surface area contributed by atoms with Crippen LogP contribution in [0.4, 0.5) is 0 Å². The third kappa shape index (κ3) is 2.43. The van der Waals surface area contributed by atoms with Gasteiger partial charge in [-0.25, -0.2) is 4.98 Å². The number of hydrogen-bond acceptors (Lipinski definition) is 3. The normalized spacial score (nSPS) is 15.6. The minimum atomic E-state index is -0.255. The van der Waals surface area contributed by atoms with Crippen molar-refractivity contribution in [3.63, 3.8) is 0 Å². The number of halogens is 1. The fourth-order valence-corrected chi connectivity index (χ4v) is 2.73. The number of nitrogens with zero attached hydrogens (tertiary/aromatic N) is 2. The zero-order valence-corrected chi connectivity index (χ0v) is 11.2. The molecule has 3 N–H and O–H groups in total. The minimum Gasteiger partial charge on any atom is -0.370 e. The first kappa shape index (κ1) is 12.4. The van der Waals surface area contributed by atoms with Gasteiger partial charge in [0.1, 0.15) is 5.65 Å². The maximum atomic E-state index is 10.9. The summed E-state index contributed by atoms with van der Waals surface area (Å²) in [5, 5.41) is 1.72. The highest BCUT2D eigenvalue weighted by Crippen LogP contribution is 2.28. The summed E-state index contributed by atoms with van der Waals surface area (Å²) in [5.41, 5.74) is 8.54. The van der Waals surface area contributed by atoms with E-state index in [0.717, 1.165) is 30.5 Å². The second kappa shape index (κ2) is 4.83. The van der Waals surface area contributed by atoms with Crippen LogP contribution in [0.3, 0.4) is 0 Å². The summed E-state index contributed by atoms with van der Waals surface area (Å²) in [6, 6.07) is 1.94. The molecule has 5 nitrogen and oxygen atoms in total. The van der Waals surface area contributed by atoms with Crippen molar-refractivity contribution in [1.29, 1.82) is 0 Å². The second-order valence-electron chi connectivity index (χ2n) is 4.87. The lowest BCUT2D eigenvalue weighted by Gasteiger charge is -2.26. The van der Waals surface area contributed by atoms with Gasteiger partial charge >= 0.3 is 0 Å². The Bertz CT molecular complexity index is 637. The van der Waals surface area contributed by atoms with Crippen LogP contribution in [0.15, 0.2) is 12.3 Å². The molecule has 2 aromatic heterocycles. The van der Waals surface area contributed by atoms with Gasteiger partial charge in [0.05, 0.1) is 5.02 Å². The first-order chi connectivity index (χ1) is 9.13. The summed E-state index contributed by atoms with van der Waals surface area (Å²) in [5.74, 6) is -0.255. The summed E-state index contributed by atoms with van der Waals surface area (Å²) in [7, 11) is 0. The summed E-state index contributed by atoms with van der Waals surface area (Å²) < 4.78 is 0. The number of carbonyl (C=O) groups excluding carboxylic acids is 1. The van der Waals surface area contributed by atoms with Crippen LogP contribution >= 0.6 is 11.6 Å². The fourth-order valence-electron chi connectivity index (χ4n) is 2.58. The zero-order chi connectivity index (χ0) is 13.4. The number of carbonyl (C=O) groups is 1. The summed E-state index contributed by atoms with van der Waals surface area (Å²) >= 11 is 6.01. The number of nitrogens with two attached hydrogens (primary N) is 1. The van der Waals surface area contributed by atoms with Crippen molar-refractivity contribution < 1.29 is 4.79 Å². The average Bonchev–Trinajstić information content (AvgIpc) is 2.74. The van der Waals surface area contributed by atoms with E-state index in [1.165, 1.54) is 11.3 Å². The van der Waals surface area contributed by atoms with E-state index >= 15 is 0 Å². The Labute approximate surface area is 115 Å². The van der Waals surface area contributed by atoms with E-state index in [4.69, 9.17) is 17.3 Å². The number of nitrogens with one attached hydrogen (secondary N) is 1. The third-order valence-electron chi connectivity index (χ3n) is 3.55. The molecule has 0 unspecified atom stereocenters. The Balaban J connectivity index is 1.88. The number of amides is 1. The molecule has 6 heteroatoms. The molecule has 1 aliphatic rings. The van der Waals surface area contributed by atoms with Gasteiger partial charge in [-0.15, -0.1) is 0 Å². The van der Waals surface area contributed by atoms with Crippen LogP contribution in [0.5, 0.6) is 0 Å². The predicted octanol–water partition coefficient (Wildman–Crippen LogP) is 1.45. The lowest BCUT2D eigenvalue weighted by molar-refractivity contribution is -0.118. The van der Waals surface area contributed by atoms with Gasteiger partial charge < -0.3 is 10.7 Å². The van der Waals surface area contributed by atoms with Gasteiger partial charge in [-0.2, -0.15) is 0 Å². The number of pyridine rings is 1. The molecule has 3 heterocycles. The number of rotatable bonds is 3. The molecule has 2 aromatic rings. The predicted molar refractivity (Wildman–Crippen MR) is 73.9 cm³/mol. The molecule has 0 aliphatic carbocycles. The van der Waals surface area contributed by atoms with Crippen LogP contribution in [0, 0.1) is 0 Å². The maximum Gasteiger partial charge on any atom is 0.218 e. The van der Waals surface area contributed by atoms with Crippen molar-refractivity contribution in [2.45, 2.75) is 19.4 Å². The molecular weight excluding hydrogens is 264 g/mol. The molecule has 0 aromatic carbocycles. The van der Waals surface area contributed by atoms with E-state index in [1.54, 1.807) is 6.20 Å². The molecule has 0 bridgehead atoms. The number of aromatic amines is 1. The first-order valence-electron chi connectivity index (χ1n) is 6.29. The van der Waals surface area contributed by atoms with E-state index in [9.17, 15) is 4.79 Å². The highest BCUT2D eigenvalue weighted by atomic mass is 35.5. The van der Waals surface area contributed by atoms with Crippen molar-refractivity contribution in [2.75, 3.05) is 13.1 Å². The molecular formula is C13H15ClN4O. The van der Waals surface area contributed by atoms with Crippen LogP contribution in [0.2, 0.25) is 5.02 Å². The first-order valence-corrected chi connectivity index (χ1v) is 6.67. The van der Waals surface area contributed by atoms with Gasteiger partial charge in [-0.05, 0) is 11.6 Å². The van der Waals surface area contributed by atoms with E-state index in [0.29, 0.717) is 18.0 Å². The molecule has 1 aliphatic heterocycles. The van der Waals surface area contributed by atoms with Crippen LogP contribution in [0.1, 0.15) is 17.7 Å². The SMILES string of the molecule is NC(=O)CCN1CCc2[nH]c3ncc(Cl)cc3c2C1. The molecule has 0 spiro atoms. The Hall–Kier alpha value is -1.59. The molecule has 100 valence electrons. The number of H-pyrrole nitrogens is 1. The fraction of sp³-hybridized carbons (Fsp3) is 0.385. The van der Waals surface area contributed by atoms with Crippen molar-refractivity contribution in [3.8, 4) is 0 Å². The maximum absolute atomic E-state index is 10.9. The van der Waals surface area contributed by atoms with E-state index < -0.39 is 0 Å². The Kier molecular flexibility index (Phi) is 3.16. The number of hydrogen-bond donors (Lipinski definition) is 2. The molecule has 0 radical (unpaired) electrons. The summed E-state index contributed by atoms with van der Waals surface area (Å²) in [4.78, 5) is 20.7. The summed E-state index contributed by atoms with van der Waals surface area (Å²) in [6.45, 7) is 2.45. The number of aromatic nitrogens is 2. The summed E-state index contributed by atoms with van der Waals surface area (Å²) in [6.07, 6.45) is 2.98. The van der Waals surface area contributed by atoms with Gasteiger partial charge in [-0.3, -0.25) is 9.69 Å². The van der Waals surface area contributed by atoms with Crippen molar-refractivity contribution in [1.82, 2.24) is 14.9 Å². The standard InChI is InChI=1S/C13H15ClN4O/c14-8-5-9-10-7-18(4-2-12(15)19)3-1-11(10)17-13(9)16-6-8/h5-6H,1-4,7H2,(H2,15,19)(H,16,17). The lowest BCUT2D eigenvalue weighted by atomic mass is 10.1. The lowest BCUT2D eigenvalue weighted by Crippen LogP contribution is -2.33. The minimum absolute atomic E-state index is 0.255. The molecule has 0 saturated carbocycles. The van der Waals surface area contributed by atoms with Crippen LogP contribution in [0.25, 0.3) is 11.0 Å². The average molecular weight is 279 g/mol. The van der Waals surface area contributed by atoms with E-state index in [-0.39, 0.29) is 5.91 Å². The highest BCUT2D eigenvalue weighted by Gasteiger charge is 2.21.